The number of rotatable bonds is 4. The van der Waals surface area contributed by atoms with Gasteiger partial charge in [-0.3, -0.25) is 4.79 Å². The molecule has 1 saturated carbocycles. The number of carbonyl (C=O) groups excluding carboxylic acids is 1. The summed E-state index contributed by atoms with van der Waals surface area (Å²) >= 11 is 3.19. The normalized spacial score (nSPS) is 15.2. The zero-order valence-electron chi connectivity index (χ0n) is 9.97. The first-order chi connectivity index (χ1) is 9.22. The van der Waals surface area contributed by atoms with E-state index in [-0.39, 0.29) is 30.3 Å². The second-order valence-corrected chi connectivity index (χ2v) is 5.12. The van der Waals surface area contributed by atoms with Crippen LogP contribution < -0.4 is 0 Å². The van der Waals surface area contributed by atoms with E-state index in [0.29, 0.717) is 10.4 Å². The smallest absolute Gasteiger partial charge is 0.309 e. The van der Waals surface area contributed by atoms with Gasteiger partial charge in [0.25, 0.3) is 11.8 Å². The fourth-order valence-electron chi connectivity index (χ4n) is 1.74. The quantitative estimate of drug-likeness (QED) is 0.804. The van der Waals surface area contributed by atoms with Crippen LogP contribution in [0, 0.1) is 5.92 Å². The topological polar surface area (TPSA) is 78.4 Å². The fraction of sp³-hybridized carbons (Fsp3) is 0.417. The molecule has 0 N–H and O–H groups in total. The molecule has 0 amide bonds. The number of esters is 1. The van der Waals surface area contributed by atoms with Crippen molar-refractivity contribution in [2.45, 2.75) is 25.9 Å². The van der Waals surface area contributed by atoms with Gasteiger partial charge in [-0.05, 0) is 40.9 Å². The van der Waals surface area contributed by atoms with Crippen molar-refractivity contribution in [3.8, 4) is 11.7 Å². The number of nitrogens with zero attached hydrogens (tertiary/aromatic N) is 2. The summed E-state index contributed by atoms with van der Waals surface area (Å²) in [6.45, 7) is 0.00418. The monoisotopic (exact) mass is 326 g/mol. The van der Waals surface area contributed by atoms with Crippen molar-refractivity contribution in [1.29, 1.82) is 0 Å². The molecule has 7 heteroatoms. The Bertz CT molecular complexity index is 588. The number of aromatic nitrogens is 2. The van der Waals surface area contributed by atoms with E-state index in [1.54, 1.807) is 12.1 Å². The first-order valence-electron chi connectivity index (χ1n) is 5.97. The fourth-order valence-corrected chi connectivity index (χ4v) is 2.04. The first-order valence-corrected chi connectivity index (χ1v) is 6.76. The Labute approximate surface area is 117 Å². The molecule has 0 aromatic carbocycles. The van der Waals surface area contributed by atoms with E-state index in [9.17, 15) is 4.79 Å². The number of halogens is 1. The highest BCUT2D eigenvalue weighted by Gasteiger charge is 2.27. The molecule has 0 aliphatic heterocycles. The summed E-state index contributed by atoms with van der Waals surface area (Å²) in [4.78, 5) is 11.5. The van der Waals surface area contributed by atoms with Crippen molar-refractivity contribution in [3.05, 3.63) is 22.7 Å². The van der Waals surface area contributed by atoms with Gasteiger partial charge < -0.3 is 13.6 Å². The second kappa shape index (κ2) is 5.16. The number of hydrogen-bond donors (Lipinski definition) is 0. The summed E-state index contributed by atoms with van der Waals surface area (Å²) in [5, 5.41) is 7.64. The molecule has 0 spiro atoms. The summed E-state index contributed by atoms with van der Waals surface area (Å²) in [5.41, 5.74) is 0. The van der Waals surface area contributed by atoms with E-state index < -0.39 is 0 Å². The summed E-state index contributed by atoms with van der Waals surface area (Å²) < 4.78 is 16.3. The average Bonchev–Trinajstić information content (AvgIpc) is 2.92. The molecule has 1 fully saturated rings. The van der Waals surface area contributed by atoms with Gasteiger partial charge in [0.05, 0.1) is 5.92 Å². The summed E-state index contributed by atoms with van der Waals surface area (Å²) in [7, 11) is 0. The van der Waals surface area contributed by atoms with Crippen molar-refractivity contribution >= 4 is 21.9 Å². The first kappa shape index (κ1) is 12.4. The van der Waals surface area contributed by atoms with Crippen LogP contribution in [0.1, 0.15) is 25.2 Å². The Morgan fingerprint density at radius 1 is 1.37 bits per heavy atom. The average molecular weight is 327 g/mol. The molecule has 0 atom stereocenters. The van der Waals surface area contributed by atoms with E-state index in [1.807, 2.05) is 0 Å². The third-order valence-electron chi connectivity index (χ3n) is 3.03. The van der Waals surface area contributed by atoms with Crippen LogP contribution in [0.4, 0.5) is 0 Å². The van der Waals surface area contributed by atoms with Crippen LogP contribution in [0.2, 0.25) is 0 Å². The summed E-state index contributed by atoms with van der Waals surface area (Å²) in [6.07, 6.45) is 2.92. The lowest BCUT2D eigenvalue weighted by atomic mass is 9.86. The highest BCUT2D eigenvalue weighted by atomic mass is 79.9. The van der Waals surface area contributed by atoms with Gasteiger partial charge in [0, 0.05) is 0 Å². The standard InChI is InChI=1S/C12H11BrN2O4/c13-9-5-4-8(18-9)11-15-14-10(19-11)6-17-12(16)7-2-1-3-7/h4-5,7H,1-3,6H2. The lowest BCUT2D eigenvalue weighted by Gasteiger charge is -2.22. The van der Waals surface area contributed by atoms with E-state index >= 15 is 0 Å². The highest BCUT2D eigenvalue weighted by molar-refractivity contribution is 9.10. The van der Waals surface area contributed by atoms with Gasteiger partial charge in [-0.15, -0.1) is 10.2 Å². The summed E-state index contributed by atoms with van der Waals surface area (Å²) in [5.74, 6) is 0.849. The van der Waals surface area contributed by atoms with Crippen molar-refractivity contribution in [2.75, 3.05) is 0 Å². The maximum atomic E-state index is 11.5. The molecule has 0 bridgehead atoms. The molecule has 2 aromatic rings. The Morgan fingerprint density at radius 2 is 2.21 bits per heavy atom. The van der Waals surface area contributed by atoms with Crippen molar-refractivity contribution in [3.63, 3.8) is 0 Å². The predicted molar refractivity (Wildman–Crippen MR) is 66.8 cm³/mol. The maximum absolute atomic E-state index is 11.5. The molecule has 1 aliphatic rings. The SMILES string of the molecule is O=C(OCc1nnc(-c2ccc(Br)o2)o1)C1CCC1. The van der Waals surface area contributed by atoms with Crippen LogP contribution >= 0.6 is 15.9 Å². The number of furan rings is 1. The molecule has 2 heterocycles. The molecule has 3 rings (SSSR count). The largest absolute Gasteiger partial charge is 0.455 e. The van der Waals surface area contributed by atoms with Gasteiger partial charge in [-0.25, -0.2) is 0 Å². The molecule has 0 unspecified atom stereocenters. The third-order valence-corrected chi connectivity index (χ3v) is 3.45. The van der Waals surface area contributed by atoms with Crippen LogP contribution in [-0.4, -0.2) is 16.2 Å². The van der Waals surface area contributed by atoms with E-state index in [2.05, 4.69) is 26.1 Å². The molecule has 100 valence electrons. The summed E-state index contributed by atoms with van der Waals surface area (Å²) in [6, 6.07) is 3.44. The number of carbonyl (C=O) groups is 1. The zero-order valence-corrected chi connectivity index (χ0v) is 11.6. The van der Waals surface area contributed by atoms with Crippen LogP contribution in [0.3, 0.4) is 0 Å². The molecule has 0 saturated heterocycles. The van der Waals surface area contributed by atoms with Gasteiger partial charge in [-0.2, -0.15) is 0 Å². The molecular weight excluding hydrogens is 316 g/mol. The van der Waals surface area contributed by atoms with Gasteiger partial charge >= 0.3 is 5.97 Å². The predicted octanol–water partition coefficient (Wildman–Crippen LogP) is 2.94. The van der Waals surface area contributed by atoms with Gasteiger partial charge in [0.1, 0.15) is 0 Å². The zero-order chi connectivity index (χ0) is 13.2. The molecular formula is C12H11BrN2O4. The molecule has 2 aromatic heterocycles. The highest BCUT2D eigenvalue weighted by Crippen LogP contribution is 2.28. The van der Waals surface area contributed by atoms with Gasteiger partial charge in [0.2, 0.25) is 0 Å². The maximum Gasteiger partial charge on any atom is 0.309 e. The Kier molecular flexibility index (Phi) is 3.37. The van der Waals surface area contributed by atoms with E-state index in [0.717, 1.165) is 19.3 Å². The minimum Gasteiger partial charge on any atom is -0.455 e. The van der Waals surface area contributed by atoms with Gasteiger partial charge in [-0.1, -0.05) is 6.42 Å². The third kappa shape index (κ3) is 2.70. The Hall–Kier alpha value is -1.63. The van der Waals surface area contributed by atoms with Crippen molar-refractivity contribution in [2.24, 2.45) is 5.92 Å². The minimum atomic E-state index is -0.188. The number of hydrogen-bond acceptors (Lipinski definition) is 6. The van der Waals surface area contributed by atoms with Crippen LogP contribution in [0.5, 0.6) is 0 Å². The Balaban J connectivity index is 1.60. The molecule has 1 aliphatic carbocycles. The van der Waals surface area contributed by atoms with Crippen LogP contribution in [0.15, 0.2) is 25.6 Å². The van der Waals surface area contributed by atoms with E-state index in [4.69, 9.17) is 13.6 Å². The Morgan fingerprint density at radius 3 is 2.84 bits per heavy atom. The van der Waals surface area contributed by atoms with E-state index in [1.165, 1.54) is 0 Å². The van der Waals surface area contributed by atoms with Crippen molar-refractivity contribution in [1.82, 2.24) is 10.2 Å². The molecule has 19 heavy (non-hydrogen) atoms. The van der Waals surface area contributed by atoms with Crippen LogP contribution in [-0.2, 0) is 16.1 Å². The van der Waals surface area contributed by atoms with Crippen LogP contribution in [0.25, 0.3) is 11.7 Å². The minimum absolute atomic E-state index is 0.00418. The van der Waals surface area contributed by atoms with Crippen molar-refractivity contribution < 1.29 is 18.4 Å². The lowest BCUT2D eigenvalue weighted by molar-refractivity contribution is -0.153. The lowest BCUT2D eigenvalue weighted by Crippen LogP contribution is -2.23. The molecule has 0 radical (unpaired) electrons. The second-order valence-electron chi connectivity index (χ2n) is 4.34. The molecule has 6 nitrogen and oxygen atoms in total. The number of ether oxygens (including phenoxy) is 1. The van der Waals surface area contributed by atoms with Gasteiger partial charge in [0.15, 0.2) is 17.0 Å².